The van der Waals surface area contributed by atoms with Crippen molar-refractivity contribution in [1.29, 1.82) is 0 Å². The Bertz CT molecular complexity index is 349. The zero-order chi connectivity index (χ0) is 8.48. The summed E-state index contributed by atoms with van der Waals surface area (Å²) in [5.74, 6) is 0. The number of hydrogen-bond acceptors (Lipinski definition) is 3. The van der Waals surface area contributed by atoms with E-state index in [0.717, 1.165) is 0 Å². The minimum atomic E-state index is -4.15. The van der Waals surface area contributed by atoms with Gasteiger partial charge in [0.1, 0.15) is 0 Å². The Morgan fingerprint density at radius 1 is 1.42 bits per heavy atom. The molecule has 0 saturated heterocycles. The molecule has 68 valence electrons. The fourth-order valence-electron chi connectivity index (χ4n) is 0.515. The molecule has 0 aromatic carbocycles. The molecule has 1 aromatic heterocycles. The first-order valence-corrected chi connectivity index (χ1v) is 4.82. The van der Waals surface area contributed by atoms with Gasteiger partial charge < -0.3 is 0 Å². The lowest BCUT2D eigenvalue weighted by molar-refractivity contribution is 0.479. The van der Waals surface area contributed by atoms with E-state index in [-0.39, 0.29) is 17.4 Å². The minimum absolute atomic E-state index is 0. The van der Waals surface area contributed by atoms with Gasteiger partial charge in [-0.15, -0.1) is 12.4 Å². The van der Waals surface area contributed by atoms with E-state index in [1.54, 1.807) is 0 Å². The van der Waals surface area contributed by atoms with Crippen LogP contribution in [0, 0.1) is 0 Å². The van der Waals surface area contributed by atoms with Crippen molar-refractivity contribution in [2.45, 2.75) is 5.03 Å². The maximum Gasteiger partial charge on any atom is 0.312 e. The van der Waals surface area contributed by atoms with E-state index in [2.05, 4.69) is 20.9 Å². The smallest absolute Gasteiger partial charge is 0.281 e. The second kappa shape index (κ2) is 4.18. The molecule has 0 amide bonds. The molecule has 0 aliphatic heterocycles. The summed E-state index contributed by atoms with van der Waals surface area (Å²) >= 11 is 3.07. The van der Waals surface area contributed by atoms with Crippen LogP contribution in [-0.2, 0) is 10.1 Å². The lowest BCUT2D eigenvalue weighted by atomic mass is 10.5. The van der Waals surface area contributed by atoms with Crippen LogP contribution in [0.4, 0.5) is 0 Å². The van der Waals surface area contributed by atoms with Gasteiger partial charge in [-0.1, -0.05) is 0 Å². The summed E-state index contributed by atoms with van der Waals surface area (Å²) in [4.78, 5) is 3.46. The van der Waals surface area contributed by atoms with E-state index in [9.17, 15) is 8.42 Å². The van der Waals surface area contributed by atoms with Crippen LogP contribution in [0.15, 0.2) is 27.8 Å². The number of rotatable bonds is 1. The number of aromatic nitrogens is 1. The number of pyridine rings is 1. The molecule has 1 N–H and O–H groups in total. The summed E-state index contributed by atoms with van der Waals surface area (Å²) in [6, 6.07) is 2.69. The van der Waals surface area contributed by atoms with Gasteiger partial charge in [-0.25, -0.2) is 4.98 Å². The average molecular weight is 275 g/mol. The van der Waals surface area contributed by atoms with Gasteiger partial charge in [0, 0.05) is 10.7 Å². The van der Waals surface area contributed by atoms with Crippen molar-refractivity contribution in [3.05, 3.63) is 22.8 Å². The van der Waals surface area contributed by atoms with Gasteiger partial charge in [0.25, 0.3) is 0 Å². The molecular formula is C5H5BrClNO3S. The van der Waals surface area contributed by atoms with Crippen LogP contribution in [0.5, 0.6) is 0 Å². The van der Waals surface area contributed by atoms with Gasteiger partial charge in [-0.05, 0) is 28.1 Å². The molecule has 0 saturated carbocycles. The SMILES string of the molecule is Cl.O=S(=O)(O)c1ccc(Br)cn1. The van der Waals surface area contributed by atoms with E-state index >= 15 is 0 Å². The molecule has 0 bridgehead atoms. The average Bonchev–Trinajstić information content (AvgIpc) is 1.86. The third kappa shape index (κ3) is 3.06. The standard InChI is InChI=1S/C5H4BrNO3S.ClH/c6-4-1-2-5(7-3-4)11(8,9)10;/h1-3H,(H,8,9,10);1H. The predicted octanol–water partition coefficient (Wildman–Crippen LogP) is 1.51. The van der Waals surface area contributed by atoms with Crippen LogP contribution in [0.1, 0.15) is 0 Å². The van der Waals surface area contributed by atoms with Crippen molar-refractivity contribution in [3.8, 4) is 0 Å². The van der Waals surface area contributed by atoms with Gasteiger partial charge in [0.2, 0.25) is 0 Å². The Labute approximate surface area is 84.3 Å². The van der Waals surface area contributed by atoms with Crippen molar-refractivity contribution in [2.24, 2.45) is 0 Å². The van der Waals surface area contributed by atoms with Crippen molar-refractivity contribution in [3.63, 3.8) is 0 Å². The van der Waals surface area contributed by atoms with E-state index in [1.807, 2.05) is 0 Å². The molecule has 1 aromatic rings. The number of halogens is 2. The van der Waals surface area contributed by atoms with Crippen molar-refractivity contribution < 1.29 is 13.0 Å². The van der Waals surface area contributed by atoms with Crippen LogP contribution in [0.25, 0.3) is 0 Å². The summed E-state index contributed by atoms with van der Waals surface area (Å²) in [5, 5.41) is -0.347. The Morgan fingerprint density at radius 2 is 2.00 bits per heavy atom. The highest BCUT2D eigenvalue weighted by atomic mass is 79.9. The Morgan fingerprint density at radius 3 is 2.33 bits per heavy atom. The van der Waals surface area contributed by atoms with Crippen molar-refractivity contribution in [1.82, 2.24) is 4.98 Å². The highest BCUT2D eigenvalue weighted by Gasteiger charge is 2.09. The highest BCUT2D eigenvalue weighted by molar-refractivity contribution is 9.10. The molecule has 0 radical (unpaired) electrons. The molecule has 0 atom stereocenters. The maximum absolute atomic E-state index is 10.4. The minimum Gasteiger partial charge on any atom is -0.281 e. The fraction of sp³-hybridized carbons (Fsp3) is 0. The Kier molecular flexibility index (Phi) is 4.12. The van der Waals surface area contributed by atoms with Gasteiger partial charge in [-0.2, -0.15) is 8.42 Å². The molecule has 1 heterocycles. The summed E-state index contributed by atoms with van der Waals surface area (Å²) in [7, 11) is -4.15. The first-order chi connectivity index (χ1) is 5.00. The van der Waals surface area contributed by atoms with Gasteiger partial charge in [-0.3, -0.25) is 4.55 Å². The van der Waals surface area contributed by atoms with Crippen molar-refractivity contribution >= 4 is 38.5 Å². The summed E-state index contributed by atoms with van der Waals surface area (Å²) in [6.07, 6.45) is 1.29. The maximum atomic E-state index is 10.4. The summed E-state index contributed by atoms with van der Waals surface area (Å²) < 4.78 is 30.0. The lowest BCUT2D eigenvalue weighted by Crippen LogP contribution is -1.99. The van der Waals surface area contributed by atoms with E-state index in [1.165, 1.54) is 18.3 Å². The quantitative estimate of drug-likeness (QED) is 0.788. The number of hydrogen-bond donors (Lipinski definition) is 1. The number of nitrogens with zero attached hydrogens (tertiary/aromatic N) is 1. The van der Waals surface area contributed by atoms with Crippen LogP contribution in [-0.4, -0.2) is 18.0 Å². The van der Waals surface area contributed by atoms with Crippen LogP contribution >= 0.6 is 28.3 Å². The third-order valence-corrected chi connectivity index (χ3v) is 2.20. The normalized spacial score (nSPS) is 10.5. The van der Waals surface area contributed by atoms with Crippen LogP contribution < -0.4 is 0 Å². The second-order valence-electron chi connectivity index (χ2n) is 1.79. The molecule has 0 spiro atoms. The Hall–Kier alpha value is -0.170. The molecule has 12 heavy (non-hydrogen) atoms. The topological polar surface area (TPSA) is 67.3 Å². The molecule has 1 rings (SSSR count). The summed E-state index contributed by atoms with van der Waals surface area (Å²) in [5.41, 5.74) is 0. The fourth-order valence-corrected chi connectivity index (χ4v) is 1.18. The van der Waals surface area contributed by atoms with Crippen LogP contribution in [0.3, 0.4) is 0 Å². The van der Waals surface area contributed by atoms with Gasteiger partial charge >= 0.3 is 10.1 Å². The largest absolute Gasteiger partial charge is 0.312 e. The first-order valence-electron chi connectivity index (χ1n) is 2.59. The molecule has 4 nitrogen and oxygen atoms in total. The van der Waals surface area contributed by atoms with Crippen molar-refractivity contribution in [2.75, 3.05) is 0 Å². The monoisotopic (exact) mass is 273 g/mol. The van der Waals surface area contributed by atoms with Crippen LogP contribution in [0.2, 0.25) is 0 Å². The highest BCUT2D eigenvalue weighted by Crippen LogP contribution is 2.10. The van der Waals surface area contributed by atoms with E-state index in [0.29, 0.717) is 4.47 Å². The predicted molar refractivity (Wildman–Crippen MR) is 49.0 cm³/mol. The molecule has 0 aliphatic carbocycles. The van der Waals surface area contributed by atoms with E-state index < -0.39 is 10.1 Å². The lowest BCUT2D eigenvalue weighted by Gasteiger charge is -1.93. The molecule has 0 aliphatic rings. The molecule has 7 heteroatoms. The first kappa shape index (κ1) is 11.8. The molecule has 0 fully saturated rings. The zero-order valence-corrected chi connectivity index (χ0v) is 8.86. The zero-order valence-electron chi connectivity index (χ0n) is 5.64. The molecular weight excluding hydrogens is 269 g/mol. The Balaban J connectivity index is 0.00000121. The molecule has 0 unspecified atom stereocenters. The summed E-state index contributed by atoms with van der Waals surface area (Å²) in [6.45, 7) is 0. The second-order valence-corrected chi connectivity index (χ2v) is 4.07. The van der Waals surface area contributed by atoms with Gasteiger partial charge in [0.05, 0.1) is 0 Å². The third-order valence-electron chi connectivity index (χ3n) is 0.965. The van der Waals surface area contributed by atoms with Gasteiger partial charge in [0.15, 0.2) is 5.03 Å². The van der Waals surface area contributed by atoms with E-state index in [4.69, 9.17) is 4.55 Å².